The summed E-state index contributed by atoms with van der Waals surface area (Å²) in [7, 11) is 1.58. The van der Waals surface area contributed by atoms with Crippen LogP contribution in [0.3, 0.4) is 0 Å². The molecule has 1 aromatic rings. The van der Waals surface area contributed by atoms with Gasteiger partial charge in [0.1, 0.15) is 0 Å². The van der Waals surface area contributed by atoms with Gasteiger partial charge in [0.15, 0.2) is 5.75 Å². The predicted molar refractivity (Wildman–Crippen MR) is 60.2 cm³/mol. The largest absolute Gasteiger partial charge is 0.485 e. The molecule has 0 unspecified atom stereocenters. The molecule has 0 bridgehead atoms. The molecule has 0 aliphatic heterocycles. The average molecular weight is 223 g/mol. The van der Waals surface area contributed by atoms with Gasteiger partial charge in [-0.2, -0.15) is 4.98 Å². The van der Waals surface area contributed by atoms with E-state index in [1.165, 1.54) is 0 Å². The van der Waals surface area contributed by atoms with E-state index < -0.39 is 0 Å². The second-order valence-electron chi connectivity index (χ2n) is 4.14. The topological polar surface area (TPSA) is 40.6 Å². The van der Waals surface area contributed by atoms with Gasteiger partial charge in [0.2, 0.25) is 5.88 Å². The lowest BCUT2D eigenvalue weighted by atomic mass is 10.4. The van der Waals surface area contributed by atoms with Crippen molar-refractivity contribution in [3.8, 4) is 17.5 Å². The number of methoxy groups -OCH3 is 1. The van der Waals surface area contributed by atoms with Gasteiger partial charge in [0, 0.05) is 6.07 Å². The first-order valence-corrected chi connectivity index (χ1v) is 5.57. The van der Waals surface area contributed by atoms with E-state index in [-0.39, 0.29) is 6.10 Å². The molecule has 0 radical (unpaired) electrons. The van der Waals surface area contributed by atoms with Crippen molar-refractivity contribution < 1.29 is 14.2 Å². The van der Waals surface area contributed by atoms with Crippen LogP contribution in [0.4, 0.5) is 0 Å². The third-order valence-electron chi connectivity index (χ3n) is 2.17. The molecule has 0 amide bonds. The smallest absolute Gasteiger partial charge is 0.260 e. The summed E-state index contributed by atoms with van der Waals surface area (Å²) in [4.78, 5) is 4.24. The highest BCUT2D eigenvalue weighted by Gasteiger charge is 2.25. The molecular formula is C12H17NO3. The number of hydrogen-bond donors (Lipinski definition) is 0. The van der Waals surface area contributed by atoms with Gasteiger partial charge in [-0.25, -0.2) is 0 Å². The fraction of sp³-hybridized carbons (Fsp3) is 0.583. The molecule has 0 N–H and O–H groups in total. The van der Waals surface area contributed by atoms with Gasteiger partial charge in [-0.05, 0) is 32.8 Å². The Balaban J connectivity index is 2.12. The van der Waals surface area contributed by atoms with Crippen LogP contribution in [0.5, 0.6) is 17.5 Å². The minimum Gasteiger partial charge on any atom is -0.485 e. The first kappa shape index (κ1) is 11.0. The second-order valence-corrected chi connectivity index (χ2v) is 4.14. The Kier molecular flexibility index (Phi) is 3.17. The number of rotatable bonds is 5. The zero-order valence-electron chi connectivity index (χ0n) is 9.90. The normalized spacial score (nSPS) is 15.0. The van der Waals surface area contributed by atoms with E-state index in [0.717, 1.165) is 12.8 Å². The van der Waals surface area contributed by atoms with Crippen molar-refractivity contribution in [1.29, 1.82) is 0 Å². The molecule has 0 atom stereocenters. The van der Waals surface area contributed by atoms with Gasteiger partial charge in [-0.1, -0.05) is 0 Å². The molecule has 1 aliphatic rings. The Labute approximate surface area is 95.5 Å². The maximum Gasteiger partial charge on any atom is 0.260 e. The summed E-state index contributed by atoms with van der Waals surface area (Å²) in [5.74, 6) is 1.75. The first-order valence-electron chi connectivity index (χ1n) is 5.57. The molecule has 1 saturated carbocycles. The van der Waals surface area contributed by atoms with Crippen LogP contribution in [0.1, 0.15) is 26.7 Å². The van der Waals surface area contributed by atoms with E-state index in [1.807, 2.05) is 19.9 Å². The molecular weight excluding hydrogens is 206 g/mol. The van der Waals surface area contributed by atoms with Gasteiger partial charge in [0.05, 0.1) is 19.3 Å². The Hall–Kier alpha value is -1.45. The van der Waals surface area contributed by atoms with Crippen LogP contribution in [-0.2, 0) is 0 Å². The highest BCUT2D eigenvalue weighted by atomic mass is 16.5. The van der Waals surface area contributed by atoms with Crippen molar-refractivity contribution in [3.05, 3.63) is 12.1 Å². The molecule has 1 aromatic heterocycles. The Bertz CT molecular complexity index is 361. The fourth-order valence-corrected chi connectivity index (χ4v) is 1.32. The van der Waals surface area contributed by atoms with Crippen LogP contribution in [0, 0.1) is 0 Å². The monoisotopic (exact) mass is 223 g/mol. The minimum atomic E-state index is 0.104. The zero-order valence-corrected chi connectivity index (χ0v) is 9.90. The highest BCUT2D eigenvalue weighted by Crippen LogP contribution is 2.33. The Morgan fingerprint density at radius 2 is 2.06 bits per heavy atom. The molecule has 16 heavy (non-hydrogen) atoms. The number of aromatic nitrogens is 1. The molecule has 4 heteroatoms. The molecule has 1 heterocycles. The summed E-state index contributed by atoms with van der Waals surface area (Å²) < 4.78 is 16.3. The van der Waals surface area contributed by atoms with Gasteiger partial charge in [-0.3, -0.25) is 0 Å². The summed E-state index contributed by atoms with van der Waals surface area (Å²) in [5.41, 5.74) is 0. The number of ether oxygens (including phenoxy) is 3. The maximum atomic E-state index is 5.66. The van der Waals surface area contributed by atoms with E-state index in [1.54, 1.807) is 13.2 Å². The fourth-order valence-electron chi connectivity index (χ4n) is 1.32. The van der Waals surface area contributed by atoms with E-state index in [9.17, 15) is 0 Å². The maximum absolute atomic E-state index is 5.66. The van der Waals surface area contributed by atoms with E-state index in [0.29, 0.717) is 23.6 Å². The molecule has 1 fully saturated rings. The van der Waals surface area contributed by atoms with Crippen molar-refractivity contribution >= 4 is 0 Å². The third-order valence-corrected chi connectivity index (χ3v) is 2.17. The van der Waals surface area contributed by atoms with Crippen LogP contribution < -0.4 is 14.2 Å². The highest BCUT2D eigenvalue weighted by molar-refractivity contribution is 5.37. The SMILES string of the molecule is COc1nc(OC(C)C)ccc1OC1CC1. The van der Waals surface area contributed by atoms with Crippen molar-refractivity contribution in [2.75, 3.05) is 7.11 Å². The van der Waals surface area contributed by atoms with Crippen molar-refractivity contribution in [2.24, 2.45) is 0 Å². The molecule has 88 valence electrons. The van der Waals surface area contributed by atoms with Crippen molar-refractivity contribution in [1.82, 2.24) is 4.98 Å². The number of nitrogens with zero attached hydrogens (tertiary/aromatic N) is 1. The van der Waals surface area contributed by atoms with Crippen LogP contribution in [0.25, 0.3) is 0 Å². The lowest BCUT2D eigenvalue weighted by molar-refractivity contribution is 0.224. The van der Waals surface area contributed by atoms with E-state index in [4.69, 9.17) is 14.2 Å². The lowest BCUT2D eigenvalue weighted by Crippen LogP contribution is -2.08. The summed E-state index contributed by atoms with van der Waals surface area (Å²) in [6.07, 6.45) is 2.68. The summed E-state index contributed by atoms with van der Waals surface area (Å²) >= 11 is 0. The van der Waals surface area contributed by atoms with Gasteiger partial charge in [-0.15, -0.1) is 0 Å². The van der Waals surface area contributed by atoms with E-state index >= 15 is 0 Å². The number of pyridine rings is 1. The minimum absolute atomic E-state index is 0.104. The third kappa shape index (κ3) is 2.78. The summed E-state index contributed by atoms with van der Waals surface area (Å²) in [6, 6.07) is 3.65. The zero-order chi connectivity index (χ0) is 11.5. The van der Waals surface area contributed by atoms with Gasteiger partial charge < -0.3 is 14.2 Å². The average Bonchev–Trinajstić information content (AvgIpc) is 3.03. The molecule has 0 saturated heterocycles. The van der Waals surface area contributed by atoms with Crippen molar-refractivity contribution in [2.45, 2.75) is 38.9 Å². The predicted octanol–water partition coefficient (Wildman–Crippen LogP) is 2.42. The Morgan fingerprint density at radius 1 is 1.31 bits per heavy atom. The van der Waals surface area contributed by atoms with E-state index in [2.05, 4.69) is 4.98 Å². The molecule has 0 spiro atoms. The molecule has 0 aromatic carbocycles. The van der Waals surface area contributed by atoms with Crippen LogP contribution in [0.15, 0.2) is 12.1 Å². The Morgan fingerprint density at radius 3 is 2.62 bits per heavy atom. The summed E-state index contributed by atoms with van der Waals surface area (Å²) in [5, 5.41) is 0. The van der Waals surface area contributed by atoms with Crippen LogP contribution in [-0.4, -0.2) is 24.3 Å². The van der Waals surface area contributed by atoms with Gasteiger partial charge >= 0.3 is 0 Å². The van der Waals surface area contributed by atoms with Crippen LogP contribution >= 0.6 is 0 Å². The standard InChI is InChI=1S/C12H17NO3/c1-8(2)15-11-7-6-10(12(13-11)14-3)16-9-4-5-9/h6-9H,4-5H2,1-3H3. The van der Waals surface area contributed by atoms with Crippen molar-refractivity contribution in [3.63, 3.8) is 0 Å². The molecule has 1 aliphatic carbocycles. The first-order chi connectivity index (χ1) is 7.69. The second kappa shape index (κ2) is 4.60. The summed E-state index contributed by atoms with van der Waals surface area (Å²) in [6.45, 7) is 3.92. The lowest BCUT2D eigenvalue weighted by Gasteiger charge is -2.12. The quantitative estimate of drug-likeness (QED) is 0.768. The number of hydrogen-bond acceptors (Lipinski definition) is 4. The van der Waals surface area contributed by atoms with Gasteiger partial charge in [0.25, 0.3) is 5.88 Å². The van der Waals surface area contributed by atoms with Crippen LogP contribution in [0.2, 0.25) is 0 Å². The molecule has 4 nitrogen and oxygen atoms in total. The molecule has 2 rings (SSSR count).